The fourth-order valence-electron chi connectivity index (χ4n) is 2.81. The molecular formula is C19H16ClFN2O2S. The quantitative estimate of drug-likeness (QED) is 0.279. The summed E-state index contributed by atoms with van der Waals surface area (Å²) < 4.78 is 16.0. The van der Waals surface area contributed by atoms with Crippen molar-refractivity contribution < 1.29 is 13.9 Å². The highest BCUT2D eigenvalue weighted by atomic mass is 35.5. The van der Waals surface area contributed by atoms with Crippen LogP contribution in [0.5, 0.6) is 0 Å². The molecular weight excluding hydrogens is 375 g/mol. The van der Waals surface area contributed by atoms with Gasteiger partial charge in [-0.1, -0.05) is 11.6 Å². The molecule has 0 amide bonds. The van der Waals surface area contributed by atoms with E-state index in [1.165, 1.54) is 30.1 Å². The van der Waals surface area contributed by atoms with Crippen molar-refractivity contribution in [3.8, 4) is 5.69 Å². The number of Topliss-reactive ketones (excluding diaryl/α,β-unsaturated/α-hetero) is 1. The van der Waals surface area contributed by atoms with E-state index >= 15 is 0 Å². The van der Waals surface area contributed by atoms with Crippen molar-refractivity contribution in [1.29, 1.82) is 0 Å². The summed E-state index contributed by atoms with van der Waals surface area (Å²) in [5.74, 6) is -0.411. The molecule has 2 heterocycles. The van der Waals surface area contributed by atoms with E-state index in [0.29, 0.717) is 16.3 Å². The van der Waals surface area contributed by atoms with Crippen molar-refractivity contribution in [2.75, 3.05) is 5.75 Å². The molecule has 0 aliphatic rings. The summed E-state index contributed by atoms with van der Waals surface area (Å²) >= 11 is 7.07. The van der Waals surface area contributed by atoms with Gasteiger partial charge in [0.05, 0.1) is 10.8 Å². The number of thioether (sulfide) groups is 1. The number of hydrogen-bond acceptors (Lipinski definition) is 3. The van der Waals surface area contributed by atoms with Gasteiger partial charge in [-0.3, -0.25) is 4.79 Å². The molecule has 0 spiro atoms. The number of rotatable bonds is 5. The van der Waals surface area contributed by atoms with Crippen LogP contribution in [0.1, 0.15) is 21.7 Å². The largest absolute Gasteiger partial charge is 0.618 e. The fourth-order valence-corrected chi connectivity index (χ4v) is 3.78. The van der Waals surface area contributed by atoms with Gasteiger partial charge in [-0.15, -0.1) is 0 Å². The molecule has 0 atom stereocenters. The Labute approximate surface area is 159 Å². The topological polar surface area (TPSA) is 48.9 Å². The van der Waals surface area contributed by atoms with E-state index in [4.69, 9.17) is 11.6 Å². The van der Waals surface area contributed by atoms with Crippen LogP contribution in [-0.2, 0) is 0 Å². The minimum atomic E-state index is -0.487. The second-order valence-corrected chi connectivity index (χ2v) is 7.20. The number of carbonyl (C=O) groups is 1. The molecule has 1 aromatic carbocycles. The third kappa shape index (κ3) is 3.61. The molecule has 0 fully saturated rings. The predicted octanol–water partition coefficient (Wildman–Crippen LogP) is 4.50. The van der Waals surface area contributed by atoms with Gasteiger partial charge in [0.1, 0.15) is 5.82 Å². The highest BCUT2D eigenvalue weighted by molar-refractivity contribution is 7.99. The van der Waals surface area contributed by atoms with Crippen LogP contribution < -0.4 is 4.73 Å². The van der Waals surface area contributed by atoms with Gasteiger partial charge in [0.15, 0.2) is 12.0 Å². The van der Waals surface area contributed by atoms with Gasteiger partial charge < -0.3 is 9.77 Å². The number of benzene rings is 1. The monoisotopic (exact) mass is 390 g/mol. The van der Waals surface area contributed by atoms with Gasteiger partial charge in [0.25, 0.3) is 5.03 Å². The van der Waals surface area contributed by atoms with Gasteiger partial charge in [-0.2, -0.15) is 4.73 Å². The third-order valence-corrected chi connectivity index (χ3v) is 5.34. The second kappa shape index (κ2) is 7.51. The zero-order chi connectivity index (χ0) is 18.8. The number of ketones is 1. The van der Waals surface area contributed by atoms with Crippen LogP contribution >= 0.6 is 23.4 Å². The Morgan fingerprint density at radius 2 is 2.04 bits per heavy atom. The fraction of sp³-hybridized carbons (Fsp3) is 0.158. The summed E-state index contributed by atoms with van der Waals surface area (Å²) in [5.41, 5.74) is 2.86. The summed E-state index contributed by atoms with van der Waals surface area (Å²) in [6.45, 7) is 3.70. The normalized spacial score (nSPS) is 10.9. The molecule has 26 heavy (non-hydrogen) atoms. The van der Waals surface area contributed by atoms with Gasteiger partial charge >= 0.3 is 0 Å². The van der Waals surface area contributed by atoms with Crippen LogP contribution in [0.25, 0.3) is 5.69 Å². The molecule has 3 rings (SSSR count). The maximum absolute atomic E-state index is 13.4. The van der Waals surface area contributed by atoms with E-state index in [9.17, 15) is 14.4 Å². The molecule has 7 heteroatoms. The average Bonchev–Trinajstić information content (AvgIpc) is 2.91. The number of halogens is 2. The van der Waals surface area contributed by atoms with E-state index in [1.54, 1.807) is 30.3 Å². The van der Waals surface area contributed by atoms with Gasteiger partial charge in [-0.25, -0.2) is 4.39 Å². The lowest BCUT2D eigenvalue weighted by atomic mass is 10.2. The maximum atomic E-state index is 13.4. The molecule has 0 aliphatic carbocycles. The number of aryl methyl sites for hydroxylation is 1. The van der Waals surface area contributed by atoms with E-state index in [1.807, 2.05) is 18.4 Å². The Kier molecular flexibility index (Phi) is 5.34. The minimum absolute atomic E-state index is 0.0301. The molecule has 0 N–H and O–H groups in total. The van der Waals surface area contributed by atoms with Crippen LogP contribution in [-0.4, -0.2) is 16.1 Å². The minimum Gasteiger partial charge on any atom is -0.618 e. The molecule has 0 unspecified atom stereocenters. The zero-order valence-corrected chi connectivity index (χ0v) is 15.8. The number of nitrogens with zero attached hydrogens (tertiary/aromatic N) is 2. The molecule has 0 aliphatic heterocycles. The van der Waals surface area contributed by atoms with Crippen molar-refractivity contribution in [2.45, 2.75) is 18.9 Å². The third-order valence-electron chi connectivity index (χ3n) is 4.03. The summed E-state index contributed by atoms with van der Waals surface area (Å²) in [6, 6.07) is 11.3. The van der Waals surface area contributed by atoms with E-state index < -0.39 is 5.82 Å². The van der Waals surface area contributed by atoms with E-state index in [2.05, 4.69) is 0 Å². The van der Waals surface area contributed by atoms with Crippen molar-refractivity contribution >= 4 is 29.1 Å². The lowest BCUT2D eigenvalue weighted by Crippen LogP contribution is -2.28. The molecule has 0 saturated heterocycles. The van der Waals surface area contributed by atoms with Gasteiger partial charge in [0, 0.05) is 34.8 Å². The summed E-state index contributed by atoms with van der Waals surface area (Å²) in [7, 11) is 0. The second-order valence-electron chi connectivity index (χ2n) is 5.80. The highest BCUT2D eigenvalue weighted by Crippen LogP contribution is 2.26. The Bertz CT molecular complexity index is 988. The van der Waals surface area contributed by atoms with Crippen LogP contribution in [0.3, 0.4) is 0 Å². The predicted molar refractivity (Wildman–Crippen MR) is 101 cm³/mol. The van der Waals surface area contributed by atoms with Gasteiger partial charge in [0.2, 0.25) is 0 Å². The van der Waals surface area contributed by atoms with Crippen LogP contribution in [0.15, 0.2) is 53.7 Å². The Hall–Kier alpha value is -2.31. The van der Waals surface area contributed by atoms with Crippen molar-refractivity contribution in [3.63, 3.8) is 0 Å². The molecule has 0 saturated carbocycles. The number of pyridine rings is 1. The first-order chi connectivity index (χ1) is 12.4. The van der Waals surface area contributed by atoms with Crippen LogP contribution in [0.2, 0.25) is 5.02 Å². The molecule has 134 valence electrons. The van der Waals surface area contributed by atoms with E-state index in [-0.39, 0.29) is 16.6 Å². The van der Waals surface area contributed by atoms with Crippen LogP contribution in [0, 0.1) is 24.9 Å². The first kappa shape index (κ1) is 18.5. The summed E-state index contributed by atoms with van der Waals surface area (Å²) in [5, 5.41) is 12.2. The SMILES string of the molecule is Cc1cc(C(=O)CSc2cccc[n+]2[O-])c(C)n1-c1ccc(F)c(Cl)c1. The Morgan fingerprint density at radius 1 is 1.27 bits per heavy atom. The maximum Gasteiger partial charge on any atom is 0.251 e. The van der Waals surface area contributed by atoms with E-state index in [0.717, 1.165) is 16.1 Å². The molecule has 2 aromatic heterocycles. The van der Waals surface area contributed by atoms with Crippen molar-refractivity contribution in [2.24, 2.45) is 0 Å². The number of aromatic nitrogens is 2. The molecule has 0 radical (unpaired) electrons. The Morgan fingerprint density at radius 3 is 2.73 bits per heavy atom. The smallest absolute Gasteiger partial charge is 0.251 e. The Balaban J connectivity index is 1.86. The zero-order valence-electron chi connectivity index (χ0n) is 14.2. The summed E-state index contributed by atoms with van der Waals surface area (Å²) in [6.07, 6.45) is 1.40. The average molecular weight is 391 g/mol. The molecule has 0 bridgehead atoms. The summed E-state index contributed by atoms with van der Waals surface area (Å²) in [4.78, 5) is 12.6. The lowest BCUT2D eigenvalue weighted by Gasteiger charge is -2.10. The first-order valence-corrected chi connectivity index (χ1v) is 9.23. The van der Waals surface area contributed by atoms with Crippen molar-refractivity contribution in [1.82, 2.24) is 4.57 Å². The number of carbonyl (C=O) groups excluding carboxylic acids is 1. The van der Waals surface area contributed by atoms with Gasteiger partial charge in [-0.05, 0) is 55.9 Å². The first-order valence-electron chi connectivity index (χ1n) is 7.87. The molecule has 3 aromatic rings. The van der Waals surface area contributed by atoms with Crippen molar-refractivity contribution in [3.05, 3.63) is 81.7 Å². The van der Waals surface area contributed by atoms with Crippen LogP contribution in [0.4, 0.5) is 4.39 Å². The highest BCUT2D eigenvalue weighted by Gasteiger charge is 2.18. The standard InChI is InChI=1S/C19H16ClFN2O2S/c1-12-9-15(18(24)11-26-19-5-3-4-8-22(19)25)13(2)23(12)14-6-7-17(21)16(20)10-14/h3-10H,11H2,1-2H3. The number of hydrogen-bond donors (Lipinski definition) is 0. The lowest BCUT2D eigenvalue weighted by molar-refractivity contribution is -0.645. The molecule has 4 nitrogen and oxygen atoms in total.